The van der Waals surface area contributed by atoms with Crippen molar-refractivity contribution in [2.75, 3.05) is 0 Å². The molecule has 5 rings (SSSR count). The fourth-order valence-corrected chi connectivity index (χ4v) is 3.63. The van der Waals surface area contributed by atoms with Gasteiger partial charge < -0.3 is 0 Å². The van der Waals surface area contributed by atoms with Gasteiger partial charge in [0.1, 0.15) is 5.82 Å². The van der Waals surface area contributed by atoms with Crippen LogP contribution in [0.3, 0.4) is 0 Å². The Morgan fingerprint density at radius 3 is 2.21 bits per heavy atom. The van der Waals surface area contributed by atoms with Gasteiger partial charge in [0, 0.05) is 10.6 Å². The molecule has 0 aliphatic carbocycles. The van der Waals surface area contributed by atoms with E-state index in [1.807, 2.05) is 59.2 Å². The highest BCUT2D eigenvalue weighted by Gasteiger charge is 2.18. The summed E-state index contributed by atoms with van der Waals surface area (Å²) >= 11 is 18.6. The Labute approximate surface area is 175 Å². The zero-order valence-corrected chi connectivity index (χ0v) is 16.5. The zero-order valence-electron chi connectivity index (χ0n) is 14.3. The largest absolute Gasteiger partial charge is 0.275 e. The normalized spacial score (nSPS) is 11.4. The lowest BCUT2D eigenvalue weighted by atomic mass is 10.2. The van der Waals surface area contributed by atoms with E-state index in [0.29, 0.717) is 32.2 Å². The first kappa shape index (κ1) is 17.4. The fourth-order valence-electron chi connectivity index (χ4n) is 3.15. The molecule has 2 aromatic heterocycles. The standard InChI is InChI=1S/C21H11Cl3N4/c22-13-5-3-4-12(10-13)20-27-19-21(26-18-7-2-1-6-17(18)25-19)28(20)14-8-9-15(23)16(24)11-14/h1-11H. The summed E-state index contributed by atoms with van der Waals surface area (Å²) in [7, 11) is 0. The third-order valence-electron chi connectivity index (χ3n) is 4.41. The lowest BCUT2D eigenvalue weighted by Crippen LogP contribution is -1.99. The van der Waals surface area contributed by atoms with E-state index < -0.39 is 0 Å². The highest BCUT2D eigenvalue weighted by Crippen LogP contribution is 2.32. The summed E-state index contributed by atoms with van der Waals surface area (Å²) in [5.41, 5.74) is 4.38. The highest BCUT2D eigenvalue weighted by atomic mass is 35.5. The zero-order chi connectivity index (χ0) is 19.3. The Morgan fingerprint density at radius 1 is 0.679 bits per heavy atom. The molecule has 2 heterocycles. The molecule has 0 aliphatic heterocycles. The van der Waals surface area contributed by atoms with Crippen molar-refractivity contribution < 1.29 is 0 Å². The van der Waals surface area contributed by atoms with E-state index >= 15 is 0 Å². The van der Waals surface area contributed by atoms with Crippen LogP contribution in [0.1, 0.15) is 0 Å². The molecule has 136 valence electrons. The minimum atomic E-state index is 0.451. The number of benzene rings is 3. The number of rotatable bonds is 2. The molecule has 0 bridgehead atoms. The molecule has 7 heteroatoms. The van der Waals surface area contributed by atoms with E-state index in [0.717, 1.165) is 22.3 Å². The van der Waals surface area contributed by atoms with Crippen molar-refractivity contribution in [2.24, 2.45) is 0 Å². The molecular weight excluding hydrogens is 415 g/mol. The van der Waals surface area contributed by atoms with Gasteiger partial charge in [-0.1, -0.05) is 59.1 Å². The topological polar surface area (TPSA) is 43.6 Å². The maximum absolute atomic E-state index is 6.28. The quantitative estimate of drug-likeness (QED) is 0.320. The molecule has 3 aromatic carbocycles. The number of halogens is 3. The third-order valence-corrected chi connectivity index (χ3v) is 5.39. The lowest BCUT2D eigenvalue weighted by Gasteiger charge is -2.10. The smallest absolute Gasteiger partial charge is 0.199 e. The molecule has 0 aliphatic rings. The van der Waals surface area contributed by atoms with Crippen molar-refractivity contribution in [3.63, 3.8) is 0 Å². The fraction of sp³-hybridized carbons (Fsp3) is 0. The predicted octanol–water partition coefficient (Wildman–Crippen LogP) is 6.60. The molecule has 0 saturated heterocycles. The van der Waals surface area contributed by atoms with Crippen LogP contribution in [0.5, 0.6) is 0 Å². The van der Waals surface area contributed by atoms with Crippen LogP contribution in [0.2, 0.25) is 15.1 Å². The van der Waals surface area contributed by atoms with Gasteiger partial charge in [0.25, 0.3) is 0 Å². The molecule has 0 unspecified atom stereocenters. The van der Waals surface area contributed by atoms with Crippen molar-refractivity contribution in [1.29, 1.82) is 0 Å². The summed E-state index contributed by atoms with van der Waals surface area (Å²) in [5, 5.41) is 1.55. The van der Waals surface area contributed by atoms with Gasteiger partial charge in [0.15, 0.2) is 11.3 Å². The summed E-state index contributed by atoms with van der Waals surface area (Å²) < 4.78 is 1.92. The van der Waals surface area contributed by atoms with Gasteiger partial charge in [-0.3, -0.25) is 4.57 Å². The number of imidazole rings is 1. The second-order valence-corrected chi connectivity index (χ2v) is 7.49. The number of aromatic nitrogens is 4. The van der Waals surface area contributed by atoms with Crippen molar-refractivity contribution in [3.05, 3.63) is 81.8 Å². The highest BCUT2D eigenvalue weighted by molar-refractivity contribution is 6.42. The number of nitrogens with zero attached hydrogens (tertiary/aromatic N) is 4. The van der Waals surface area contributed by atoms with E-state index in [4.69, 9.17) is 44.8 Å². The van der Waals surface area contributed by atoms with Crippen LogP contribution < -0.4 is 0 Å². The number of hydrogen-bond donors (Lipinski definition) is 0. The molecule has 0 atom stereocenters. The van der Waals surface area contributed by atoms with Crippen LogP contribution in [-0.2, 0) is 0 Å². The van der Waals surface area contributed by atoms with Crippen molar-refractivity contribution in [1.82, 2.24) is 19.5 Å². The predicted molar refractivity (Wildman–Crippen MR) is 115 cm³/mol. The van der Waals surface area contributed by atoms with Crippen molar-refractivity contribution in [3.8, 4) is 17.1 Å². The summed E-state index contributed by atoms with van der Waals surface area (Å²) in [6, 6.07) is 20.6. The summed E-state index contributed by atoms with van der Waals surface area (Å²) in [6.45, 7) is 0. The van der Waals surface area contributed by atoms with Crippen molar-refractivity contribution >= 4 is 57.1 Å². The van der Waals surface area contributed by atoms with Gasteiger partial charge in [-0.25, -0.2) is 15.0 Å². The molecule has 4 nitrogen and oxygen atoms in total. The van der Waals surface area contributed by atoms with Crippen LogP contribution in [-0.4, -0.2) is 19.5 Å². The monoisotopic (exact) mass is 424 g/mol. The van der Waals surface area contributed by atoms with Crippen LogP contribution in [0.15, 0.2) is 66.7 Å². The van der Waals surface area contributed by atoms with Gasteiger partial charge in [0.2, 0.25) is 0 Å². The lowest BCUT2D eigenvalue weighted by molar-refractivity contribution is 1.08. The van der Waals surface area contributed by atoms with E-state index in [-0.39, 0.29) is 0 Å². The van der Waals surface area contributed by atoms with Gasteiger partial charge >= 0.3 is 0 Å². The molecule has 28 heavy (non-hydrogen) atoms. The molecule has 0 radical (unpaired) electrons. The molecule has 0 N–H and O–H groups in total. The first-order valence-corrected chi connectivity index (χ1v) is 9.60. The Hall–Kier alpha value is -2.66. The molecule has 0 saturated carbocycles. The Bertz CT molecular complexity index is 1360. The Kier molecular flexibility index (Phi) is 4.20. The molecule has 0 spiro atoms. The van der Waals surface area contributed by atoms with Gasteiger partial charge in [-0.2, -0.15) is 0 Å². The minimum Gasteiger partial charge on any atom is -0.275 e. The first-order chi connectivity index (χ1) is 13.6. The van der Waals surface area contributed by atoms with Crippen LogP contribution >= 0.6 is 34.8 Å². The number of hydrogen-bond acceptors (Lipinski definition) is 3. The second-order valence-electron chi connectivity index (χ2n) is 6.24. The first-order valence-electron chi connectivity index (χ1n) is 8.47. The number of fused-ring (bicyclic) bond motifs is 2. The van der Waals surface area contributed by atoms with Gasteiger partial charge in [-0.15, -0.1) is 0 Å². The van der Waals surface area contributed by atoms with Gasteiger partial charge in [-0.05, 0) is 42.5 Å². The Balaban J connectivity index is 1.89. The van der Waals surface area contributed by atoms with Crippen LogP contribution in [0.25, 0.3) is 39.4 Å². The average Bonchev–Trinajstić information content (AvgIpc) is 3.06. The maximum Gasteiger partial charge on any atom is 0.199 e. The van der Waals surface area contributed by atoms with Crippen molar-refractivity contribution in [2.45, 2.75) is 0 Å². The maximum atomic E-state index is 6.28. The molecular formula is C21H11Cl3N4. The second kappa shape index (κ2) is 6.74. The summed E-state index contributed by atoms with van der Waals surface area (Å²) in [6.07, 6.45) is 0. The van der Waals surface area contributed by atoms with E-state index in [2.05, 4.69) is 4.98 Å². The summed E-state index contributed by atoms with van der Waals surface area (Å²) in [5.74, 6) is 0.672. The van der Waals surface area contributed by atoms with Crippen LogP contribution in [0.4, 0.5) is 0 Å². The van der Waals surface area contributed by atoms with E-state index in [9.17, 15) is 0 Å². The minimum absolute atomic E-state index is 0.451. The summed E-state index contributed by atoms with van der Waals surface area (Å²) in [4.78, 5) is 14.2. The van der Waals surface area contributed by atoms with Gasteiger partial charge in [0.05, 0.1) is 26.8 Å². The average molecular weight is 426 g/mol. The van der Waals surface area contributed by atoms with Crippen LogP contribution in [0, 0.1) is 0 Å². The van der Waals surface area contributed by atoms with E-state index in [1.54, 1.807) is 12.1 Å². The molecule has 5 aromatic rings. The SMILES string of the molecule is Clc1cccc(-c2nc3nc4ccccc4nc3n2-c2ccc(Cl)c(Cl)c2)c1. The third kappa shape index (κ3) is 2.90. The molecule has 0 fully saturated rings. The Morgan fingerprint density at radius 2 is 1.46 bits per heavy atom. The molecule has 0 amide bonds. The number of para-hydroxylation sites is 2. The van der Waals surface area contributed by atoms with E-state index in [1.165, 1.54) is 0 Å².